The van der Waals surface area contributed by atoms with Crippen LogP contribution in [-0.2, 0) is 6.42 Å². The van der Waals surface area contributed by atoms with E-state index in [4.69, 9.17) is 5.73 Å². The Morgan fingerprint density at radius 2 is 2.33 bits per heavy atom. The quantitative estimate of drug-likeness (QED) is 0.494. The number of nitrogens with one attached hydrogen (secondary N) is 3. The van der Waals surface area contributed by atoms with Crippen LogP contribution in [-0.4, -0.2) is 36.9 Å². The van der Waals surface area contributed by atoms with Crippen LogP contribution in [0.5, 0.6) is 0 Å². The zero-order chi connectivity index (χ0) is 10.5. The van der Waals surface area contributed by atoms with Crippen molar-refractivity contribution in [1.29, 1.82) is 0 Å². The van der Waals surface area contributed by atoms with Gasteiger partial charge in [0.1, 0.15) is 12.2 Å². The van der Waals surface area contributed by atoms with Crippen molar-refractivity contribution >= 4 is 11.9 Å². The van der Waals surface area contributed by atoms with E-state index in [0.29, 0.717) is 11.9 Å². The van der Waals surface area contributed by atoms with E-state index < -0.39 is 0 Å². The molecule has 0 bridgehead atoms. The van der Waals surface area contributed by atoms with Gasteiger partial charge in [0, 0.05) is 13.0 Å². The van der Waals surface area contributed by atoms with Gasteiger partial charge in [-0.25, -0.2) is 10.1 Å². The number of hydrogen-bond acceptors (Lipinski definition) is 6. The van der Waals surface area contributed by atoms with E-state index in [1.165, 1.54) is 6.33 Å². The maximum Gasteiger partial charge on any atom is 0.243 e. The van der Waals surface area contributed by atoms with Crippen LogP contribution in [0.3, 0.4) is 0 Å². The average Bonchev–Trinajstić information content (AvgIpc) is 2.84. The minimum absolute atomic E-state index is 0.313. The van der Waals surface area contributed by atoms with Crippen molar-refractivity contribution in [2.24, 2.45) is 0 Å². The summed E-state index contributed by atoms with van der Waals surface area (Å²) in [6.45, 7) is 0.762. The van der Waals surface area contributed by atoms with E-state index in [0.717, 1.165) is 25.2 Å². The predicted octanol–water partition coefficient (Wildman–Crippen LogP) is -0.450. The molecule has 0 atom stereocenters. The smallest absolute Gasteiger partial charge is 0.243 e. The molecule has 2 heterocycles. The summed E-state index contributed by atoms with van der Waals surface area (Å²) in [7, 11) is 0. The summed E-state index contributed by atoms with van der Waals surface area (Å²) < 4.78 is 0. The van der Waals surface area contributed by atoms with Crippen molar-refractivity contribution in [3.05, 3.63) is 12.2 Å². The Balaban J connectivity index is 1.67. The second kappa shape index (κ2) is 4.40. The molecule has 8 heteroatoms. The molecule has 0 aromatic carbocycles. The fourth-order valence-corrected chi connectivity index (χ4v) is 1.16. The summed E-state index contributed by atoms with van der Waals surface area (Å²) in [6, 6.07) is 0. The molecule has 0 fully saturated rings. The van der Waals surface area contributed by atoms with E-state index in [1.54, 1.807) is 0 Å². The number of nitrogen functional groups attached to an aromatic ring is 1. The first-order valence-corrected chi connectivity index (χ1v) is 4.60. The molecule has 5 N–H and O–H groups in total. The first-order valence-electron chi connectivity index (χ1n) is 4.60. The second-order valence-electron chi connectivity index (χ2n) is 3.01. The highest BCUT2D eigenvalue weighted by molar-refractivity contribution is 5.29. The topological polar surface area (TPSA) is 121 Å². The zero-order valence-electron chi connectivity index (χ0n) is 8.06. The molecule has 8 nitrogen and oxygen atoms in total. The van der Waals surface area contributed by atoms with Gasteiger partial charge in [-0.1, -0.05) is 0 Å². The molecule has 0 radical (unpaired) electrons. The van der Waals surface area contributed by atoms with Crippen LogP contribution in [0.4, 0.5) is 11.9 Å². The number of aryl methyl sites for hydroxylation is 1. The van der Waals surface area contributed by atoms with Crippen molar-refractivity contribution in [2.45, 2.75) is 12.8 Å². The van der Waals surface area contributed by atoms with Gasteiger partial charge >= 0.3 is 0 Å². The number of nitrogens with two attached hydrogens (primary N) is 1. The van der Waals surface area contributed by atoms with Gasteiger partial charge in [-0.3, -0.25) is 5.10 Å². The molecule has 0 aliphatic rings. The highest BCUT2D eigenvalue weighted by Gasteiger charge is 1.99. The summed E-state index contributed by atoms with van der Waals surface area (Å²) >= 11 is 0. The molecule has 80 valence electrons. The van der Waals surface area contributed by atoms with Crippen molar-refractivity contribution in [3.63, 3.8) is 0 Å². The first kappa shape index (κ1) is 9.44. The van der Waals surface area contributed by atoms with E-state index in [1.807, 2.05) is 0 Å². The van der Waals surface area contributed by atoms with Crippen LogP contribution >= 0.6 is 0 Å². The average molecular weight is 208 g/mol. The molecule has 0 unspecified atom stereocenters. The fraction of sp³-hybridized carbons (Fsp3) is 0.429. The molecule has 2 rings (SSSR count). The third-order valence-electron chi connectivity index (χ3n) is 1.84. The van der Waals surface area contributed by atoms with Gasteiger partial charge in [-0.2, -0.15) is 10.1 Å². The molecular weight excluding hydrogens is 196 g/mol. The molecule has 0 amide bonds. The number of aromatic nitrogens is 6. The second-order valence-corrected chi connectivity index (χ2v) is 3.01. The lowest BCUT2D eigenvalue weighted by Crippen LogP contribution is -2.05. The SMILES string of the molecule is Nc1nc(NCCCc2ncn[nH]2)n[nH]1. The van der Waals surface area contributed by atoms with Crippen LogP contribution in [0, 0.1) is 0 Å². The molecule has 0 spiro atoms. The monoisotopic (exact) mass is 208 g/mol. The van der Waals surface area contributed by atoms with E-state index in [2.05, 4.69) is 35.7 Å². The van der Waals surface area contributed by atoms with Crippen LogP contribution in [0.2, 0.25) is 0 Å². The molecular formula is C7H12N8. The minimum atomic E-state index is 0.313. The van der Waals surface area contributed by atoms with Crippen molar-refractivity contribution in [3.8, 4) is 0 Å². The normalized spacial score (nSPS) is 10.4. The fourth-order valence-electron chi connectivity index (χ4n) is 1.16. The molecule has 0 aliphatic heterocycles. The molecule has 0 aliphatic carbocycles. The van der Waals surface area contributed by atoms with Gasteiger partial charge < -0.3 is 11.1 Å². The van der Waals surface area contributed by atoms with Crippen LogP contribution < -0.4 is 11.1 Å². The highest BCUT2D eigenvalue weighted by Crippen LogP contribution is 1.99. The number of hydrogen-bond donors (Lipinski definition) is 4. The van der Waals surface area contributed by atoms with Crippen molar-refractivity contribution in [2.75, 3.05) is 17.6 Å². The molecule has 0 saturated carbocycles. The van der Waals surface area contributed by atoms with Crippen LogP contribution in [0.1, 0.15) is 12.2 Å². The first-order chi connectivity index (χ1) is 7.34. The van der Waals surface area contributed by atoms with Gasteiger partial charge in [0.15, 0.2) is 0 Å². The lowest BCUT2D eigenvalue weighted by Gasteiger charge is -1.99. The standard InChI is InChI=1S/C7H12N8/c8-6-12-7(15-14-6)9-3-1-2-5-10-4-11-13-5/h4H,1-3H2,(H,10,11,13)(H4,8,9,12,14,15). The largest absolute Gasteiger partial charge is 0.368 e. The maximum absolute atomic E-state index is 5.37. The number of nitrogens with zero attached hydrogens (tertiary/aromatic N) is 4. The van der Waals surface area contributed by atoms with Gasteiger partial charge in [0.2, 0.25) is 11.9 Å². The summed E-state index contributed by atoms with van der Waals surface area (Å²) in [5.74, 6) is 1.71. The predicted molar refractivity (Wildman–Crippen MR) is 54.0 cm³/mol. The lowest BCUT2D eigenvalue weighted by molar-refractivity contribution is 0.801. The Hall–Kier alpha value is -2.12. The third-order valence-corrected chi connectivity index (χ3v) is 1.84. The Morgan fingerprint density at radius 1 is 1.40 bits per heavy atom. The number of anilines is 2. The third kappa shape index (κ3) is 2.66. The lowest BCUT2D eigenvalue weighted by atomic mass is 10.3. The molecule has 15 heavy (non-hydrogen) atoms. The molecule has 0 saturated heterocycles. The molecule has 2 aromatic rings. The highest BCUT2D eigenvalue weighted by atomic mass is 15.3. The van der Waals surface area contributed by atoms with Gasteiger partial charge in [0.25, 0.3) is 0 Å². The van der Waals surface area contributed by atoms with Crippen molar-refractivity contribution in [1.82, 2.24) is 30.4 Å². The van der Waals surface area contributed by atoms with E-state index in [-0.39, 0.29) is 0 Å². The summed E-state index contributed by atoms with van der Waals surface area (Å²) in [4.78, 5) is 7.92. The van der Waals surface area contributed by atoms with Gasteiger partial charge in [-0.05, 0) is 6.42 Å². The minimum Gasteiger partial charge on any atom is -0.368 e. The van der Waals surface area contributed by atoms with E-state index in [9.17, 15) is 0 Å². The Morgan fingerprint density at radius 3 is 3.00 bits per heavy atom. The van der Waals surface area contributed by atoms with Crippen molar-refractivity contribution < 1.29 is 0 Å². The number of rotatable bonds is 5. The Kier molecular flexibility index (Phi) is 2.77. The maximum atomic E-state index is 5.37. The van der Waals surface area contributed by atoms with Crippen LogP contribution in [0.25, 0.3) is 0 Å². The van der Waals surface area contributed by atoms with Gasteiger partial charge in [-0.15, -0.1) is 5.10 Å². The number of aromatic amines is 2. The van der Waals surface area contributed by atoms with Gasteiger partial charge in [0.05, 0.1) is 0 Å². The summed E-state index contributed by atoms with van der Waals surface area (Å²) in [6.07, 6.45) is 3.26. The summed E-state index contributed by atoms with van der Waals surface area (Å²) in [5, 5.41) is 16.0. The Labute approximate surface area is 85.7 Å². The van der Waals surface area contributed by atoms with Crippen LogP contribution in [0.15, 0.2) is 6.33 Å². The summed E-state index contributed by atoms with van der Waals surface area (Å²) in [5.41, 5.74) is 5.37. The molecule has 2 aromatic heterocycles. The zero-order valence-corrected chi connectivity index (χ0v) is 8.06. The number of H-pyrrole nitrogens is 2. The van der Waals surface area contributed by atoms with E-state index >= 15 is 0 Å². The Bertz CT molecular complexity index is 391.